The van der Waals surface area contributed by atoms with Crippen molar-refractivity contribution in [3.63, 3.8) is 0 Å². The van der Waals surface area contributed by atoms with Crippen LogP contribution in [0.5, 0.6) is 0 Å². The molecule has 0 radical (unpaired) electrons. The summed E-state index contributed by atoms with van der Waals surface area (Å²) in [7, 11) is -2.02. The fourth-order valence-electron chi connectivity index (χ4n) is 4.56. The number of carbonyl (C=O) groups is 1. The quantitative estimate of drug-likeness (QED) is 0.298. The van der Waals surface area contributed by atoms with Gasteiger partial charge < -0.3 is 16.0 Å². The minimum Gasteiger partial charge on any atom is -0.381 e. The molecule has 1 aliphatic heterocycles. The van der Waals surface area contributed by atoms with Gasteiger partial charge in [-0.1, -0.05) is 11.6 Å². The van der Waals surface area contributed by atoms with Crippen LogP contribution in [-0.2, 0) is 10.0 Å². The van der Waals surface area contributed by atoms with Crippen molar-refractivity contribution in [1.29, 1.82) is 0 Å². The van der Waals surface area contributed by atoms with Crippen LogP contribution in [0, 0.1) is 0 Å². The largest absolute Gasteiger partial charge is 0.381 e. The molecule has 0 bridgehead atoms. The molecule has 2 unspecified atom stereocenters. The molecule has 184 valence electrons. The summed E-state index contributed by atoms with van der Waals surface area (Å²) >= 11 is 6.55. The maximum absolute atomic E-state index is 13.2. The van der Waals surface area contributed by atoms with Gasteiger partial charge in [-0.2, -0.15) is 5.10 Å². The summed E-state index contributed by atoms with van der Waals surface area (Å²) in [5, 5.41) is 14.8. The number of benzene rings is 1. The molecule has 4 aromatic rings. The van der Waals surface area contributed by atoms with E-state index in [1.54, 1.807) is 30.7 Å². The Morgan fingerprint density at radius 1 is 1.40 bits per heavy atom. The summed E-state index contributed by atoms with van der Waals surface area (Å²) < 4.78 is 28.7. The van der Waals surface area contributed by atoms with Crippen LogP contribution in [0.4, 0.5) is 11.5 Å². The van der Waals surface area contributed by atoms with Crippen molar-refractivity contribution in [3.8, 4) is 0 Å². The lowest BCUT2D eigenvalue weighted by Crippen LogP contribution is -2.35. The van der Waals surface area contributed by atoms with Crippen LogP contribution >= 0.6 is 11.6 Å². The Balaban J connectivity index is 1.52. The third-order valence-electron chi connectivity index (χ3n) is 6.34. The lowest BCUT2D eigenvalue weighted by molar-refractivity contribution is 0.0942. The summed E-state index contributed by atoms with van der Waals surface area (Å²) in [5.41, 5.74) is 8.67. The zero-order chi connectivity index (χ0) is 24.9. The number of aromatic nitrogens is 5. The molecule has 14 heteroatoms. The molecule has 12 nitrogen and oxygen atoms in total. The summed E-state index contributed by atoms with van der Waals surface area (Å²) in [5.74, 6) is -0.372. The highest BCUT2D eigenvalue weighted by Gasteiger charge is 2.35. The Morgan fingerprint density at radius 3 is 2.97 bits per heavy atom. The zero-order valence-electron chi connectivity index (χ0n) is 19.0. The number of hydrogen-bond acceptors (Lipinski definition) is 8. The third-order valence-corrected chi connectivity index (χ3v) is 8.48. The number of nitrogens with two attached hydrogens (primary N) is 1. The molecule has 1 saturated heterocycles. The average Bonchev–Trinajstić information content (AvgIpc) is 3.57. The van der Waals surface area contributed by atoms with Crippen molar-refractivity contribution in [3.05, 3.63) is 46.9 Å². The van der Waals surface area contributed by atoms with Gasteiger partial charge in [0.2, 0.25) is 10.0 Å². The molecular formula is C21H24ClN9O3S. The highest BCUT2D eigenvalue weighted by Crippen LogP contribution is 2.39. The SMILES string of the molecule is CNS(=O)(=O)C1CCN(c2c(C(C)NC(=O)c3c(N)nn4cccnc34)cc(Cl)c3cn[nH]c23)C1. The number of amides is 1. The van der Waals surface area contributed by atoms with Crippen molar-refractivity contribution in [2.45, 2.75) is 24.6 Å². The molecule has 4 heterocycles. The van der Waals surface area contributed by atoms with E-state index in [1.807, 2.05) is 11.8 Å². The van der Waals surface area contributed by atoms with E-state index in [2.05, 4.69) is 30.3 Å². The molecule has 1 amide bonds. The van der Waals surface area contributed by atoms with E-state index in [-0.39, 0.29) is 17.9 Å². The van der Waals surface area contributed by atoms with E-state index >= 15 is 0 Å². The normalized spacial score (nSPS) is 17.3. The van der Waals surface area contributed by atoms with E-state index in [0.29, 0.717) is 40.1 Å². The van der Waals surface area contributed by atoms with Crippen LogP contribution in [0.25, 0.3) is 16.6 Å². The zero-order valence-corrected chi connectivity index (χ0v) is 20.6. The van der Waals surface area contributed by atoms with Crippen molar-refractivity contribution < 1.29 is 13.2 Å². The van der Waals surface area contributed by atoms with Gasteiger partial charge in [0.05, 0.1) is 33.7 Å². The molecule has 5 N–H and O–H groups in total. The first-order valence-electron chi connectivity index (χ1n) is 10.9. The van der Waals surface area contributed by atoms with Crippen molar-refractivity contribution in [1.82, 2.24) is 34.8 Å². The number of rotatable bonds is 6. The first-order valence-corrected chi connectivity index (χ1v) is 12.9. The van der Waals surface area contributed by atoms with Crippen molar-refractivity contribution >= 4 is 55.6 Å². The van der Waals surface area contributed by atoms with Crippen molar-refractivity contribution in [2.75, 3.05) is 30.8 Å². The first kappa shape index (κ1) is 23.3. The minimum absolute atomic E-state index is 0.0651. The number of nitrogens with one attached hydrogen (secondary N) is 3. The van der Waals surface area contributed by atoms with Gasteiger partial charge in [-0.05, 0) is 32.5 Å². The fourth-order valence-corrected chi connectivity index (χ4v) is 5.95. The number of aromatic amines is 1. The molecule has 0 aliphatic carbocycles. The molecular weight excluding hydrogens is 494 g/mol. The summed E-state index contributed by atoms with van der Waals surface area (Å²) in [6.07, 6.45) is 5.30. The standard InChI is InChI=1S/C21H24ClN9O3S/c1-11(27-21(32)16-19(23)29-31-6-3-5-25-20(16)31)13-8-15(22)14-9-26-28-17(14)18(13)30-7-4-12(10-30)35(33,34)24-2/h3,5-6,8-9,11-12,24H,4,7,10H2,1-2H3,(H2,23,29)(H,26,28)(H,27,32). The molecule has 1 fully saturated rings. The predicted molar refractivity (Wildman–Crippen MR) is 133 cm³/mol. The lowest BCUT2D eigenvalue weighted by Gasteiger charge is -2.26. The Hall–Kier alpha value is -3.42. The number of nitrogens with zero attached hydrogens (tertiary/aromatic N) is 5. The number of nitrogen functional groups attached to an aromatic ring is 1. The number of sulfonamides is 1. The number of anilines is 2. The maximum Gasteiger partial charge on any atom is 0.259 e. The van der Waals surface area contributed by atoms with Gasteiger partial charge >= 0.3 is 0 Å². The highest BCUT2D eigenvalue weighted by atomic mass is 35.5. The van der Waals surface area contributed by atoms with Gasteiger partial charge in [0, 0.05) is 36.4 Å². The lowest BCUT2D eigenvalue weighted by atomic mass is 10.0. The molecule has 5 rings (SSSR count). The van der Waals surface area contributed by atoms with Gasteiger partial charge in [0.1, 0.15) is 5.56 Å². The number of halogens is 1. The first-order chi connectivity index (χ1) is 16.7. The predicted octanol–water partition coefficient (Wildman–Crippen LogP) is 1.46. The van der Waals surface area contributed by atoms with E-state index in [0.717, 1.165) is 5.69 Å². The summed E-state index contributed by atoms with van der Waals surface area (Å²) in [6.45, 7) is 2.62. The molecule has 1 aliphatic rings. The Labute approximate surface area is 205 Å². The van der Waals surface area contributed by atoms with Gasteiger partial charge in [-0.25, -0.2) is 22.6 Å². The Morgan fingerprint density at radius 2 is 2.20 bits per heavy atom. The van der Waals surface area contributed by atoms with Gasteiger partial charge in [-0.15, -0.1) is 5.10 Å². The Kier molecular flexibility index (Phi) is 5.77. The number of carbonyl (C=O) groups excluding carboxylic acids is 1. The maximum atomic E-state index is 13.2. The van der Waals surface area contributed by atoms with Crippen LogP contribution in [0.3, 0.4) is 0 Å². The second-order valence-electron chi connectivity index (χ2n) is 8.40. The number of fused-ring (bicyclic) bond motifs is 2. The fraction of sp³-hybridized carbons (Fsp3) is 0.333. The summed E-state index contributed by atoms with van der Waals surface area (Å²) in [4.78, 5) is 19.5. The highest BCUT2D eigenvalue weighted by molar-refractivity contribution is 7.90. The van der Waals surface area contributed by atoms with E-state index in [4.69, 9.17) is 17.3 Å². The smallest absolute Gasteiger partial charge is 0.259 e. The second-order valence-corrected chi connectivity index (χ2v) is 11.0. The van der Waals surface area contributed by atoms with Crippen LogP contribution in [0.2, 0.25) is 5.02 Å². The molecule has 0 saturated carbocycles. The summed E-state index contributed by atoms with van der Waals surface area (Å²) in [6, 6.07) is 2.95. The van der Waals surface area contributed by atoms with Crippen LogP contribution in [0.15, 0.2) is 30.7 Å². The van der Waals surface area contributed by atoms with Gasteiger partial charge in [-0.3, -0.25) is 9.89 Å². The number of hydrogen-bond donors (Lipinski definition) is 4. The minimum atomic E-state index is -3.44. The van der Waals surface area contributed by atoms with Gasteiger partial charge in [0.25, 0.3) is 5.91 Å². The van der Waals surface area contributed by atoms with E-state index < -0.39 is 27.2 Å². The molecule has 2 atom stereocenters. The van der Waals surface area contributed by atoms with Crippen LogP contribution in [0.1, 0.15) is 35.3 Å². The van der Waals surface area contributed by atoms with E-state index in [1.165, 1.54) is 11.6 Å². The topological polar surface area (TPSA) is 163 Å². The van der Waals surface area contributed by atoms with Crippen molar-refractivity contribution in [2.24, 2.45) is 0 Å². The number of H-pyrrole nitrogens is 1. The molecule has 35 heavy (non-hydrogen) atoms. The molecule has 1 aromatic carbocycles. The Bertz CT molecular complexity index is 1550. The van der Waals surface area contributed by atoms with E-state index in [9.17, 15) is 13.2 Å². The van der Waals surface area contributed by atoms with Gasteiger partial charge in [0.15, 0.2) is 11.5 Å². The van der Waals surface area contributed by atoms with Crippen LogP contribution < -0.4 is 20.7 Å². The molecule has 0 spiro atoms. The second kappa shape index (κ2) is 8.66. The molecule has 3 aromatic heterocycles. The monoisotopic (exact) mass is 517 g/mol. The third kappa shape index (κ3) is 3.94. The van der Waals surface area contributed by atoms with Crippen LogP contribution in [-0.4, -0.2) is 64.5 Å². The average molecular weight is 518 g/mol.